The Morgan fingerprint density at radius 1 is 0.440 bits per heavy atom. The zero-order chi connectivity index (χ0) is 35.2. The van der Waals surface area contributed by atoms with Gasteiger partial charge in [-0.1, -0.05) is 160 Å². The Hall–Kier alpha value is -3.00. The maximum Gasteiger partial charge on any atom is 0.171 e. The molecule has 5 atom stereocenters. The highest BCUT2D eigenvalue weighted by atomic mass is 31.2. The van der Waals surface area contributed by atoms with E-state index in [1.54, 1.807) is 0 Å². The van der Waals surface area contributed by atoms with Crippen molar-refractivity contribution in [2.75, 3.05) is 28.2 Å². The van der Waals surface area contributed by atoms with Crippen LogP contribution in [0, 0.1) is 27.7 Å². The van der Waals surface area contributed by atoms with Crippen LogP contribution in [0.25, 0.3) is 0 Å². The molecule has 0 aromatic heterocycles. The summed E-state index contributed by atoms with van der Waals surface area (Å²) in [6.07, 6.45) is 6.26. The average molecular weight is 715 g/mol. The largest absolute Gasteiger partial charge is 0.305 e. The summed E-state index contributed by atoms with van der Waals surface area (Å²) in [6.45, 7) is 12.3. The first-order valence-electron chi connectivity index (χ1n) is 17.3. The molecule has 1 unspecified atom stereocenters. The predicted molar refractivity (Wildman–Crippen MR) is 221 cm³/mol. The fourth-order valence-electron chi connectivity index (χ4n) is 7.10. The van der Waals surface area contributed by atoms with E-state index >= 15 is 0 Å². The van der Waals surface area contributed by atoms with Gasteiger partial charge in [0.25, 0.3) is 0 Å². The minimum atomic E-state index is -2.61. The topological polar surface area (TPSA) is 40.6 Å². The first-order valence-corrected chi connectivity index (χ1v) is 20.9. The Kier molecular flexibility index (Phi) is 16.0. The molecule has 0 amide bonds. The molecule has 0 saturated carbocycles. The van der Waals surface area contributed by atoms with Gasteiger partial charge in [-0.05, 0) is 91.0 Å². The molecule has 0 bridgehead atoms. The number of allylic oxidation sites excluding steroid dienone is 2. The van der Waals surface area contributed by atoms with Gasteiger partial charge < -0.3 is 9.13 Å². The van der Waals surface area contributed by atoms with Crippen LogP contribution in [-0.2, 0) is 9.13 Å². The molecule has 0 aliphatic carbocycles. The third kappa shape index (κ3) is 8.89. The standard InChI is InChI=1S/C20H26NOP.C20H24NOP.C2H6.2CH4/c2*1-15-5-9-17(10-6-15)19-13-14-20(23(19,22)21(3)4)18-11-7-16(2)8-12-18;1-2;;/h5-12,19-20H,13-14H2,1-4H3;5-14,19-20H,1-4H3;1-2H3;2*1H4/t19-,20-;19-,20+,23?;;;/m1..../s1. The van der Waals surface area contributed by atoms with E-state index in [9.17, 15) is 9.13 Å². The lowest BCUT2D eigenvalue weighted by Gasteiger charge is -2.32. The molecule has 2 aliphatic rings. The molecule has 4 nitrogen and oxygen atoms in total. The van der Waals surface area contributed by atoms with Crippen LogP contribution in [0.1, 0.15) is 109 Å². The molecular formula is C44H64N2O2P2. The molecule has 2 aliphatic heterocycles. The van der Waals surface area contributed by atoms with Crippen molar-refractivity contribution in [3.63, 3.8) is 0 Å². The number of hydrogen-bond acceptors (Lipinski definition) is 2. The maximum absolute atomic E-state index is 14.1. The molecule has 6 rings (SSSR count). The molecule has 1 fully saturated rings. The Morgan fingerprint density at radius 3 is 0.920 bits per heavy atom. The van der Waals surface area contributed by atoms with Crippen molar-refractivity contribution in [1.29, 1.82) is 0 Å². The number of rotatable bonds is 6. The summed E-state index contributed by atoms with van der Waals surface area (Å²) < 4.78 is 32.0. The summed E-state index contributed by atoms with van der Waals surface area (Å²) in [5.74, 6) is 0. The van der Waals surface area contributed by atoms with Crippen molar-refractivity contribution in [3.8, 4) is 0 Å². The van der Waals surface area contributed by atoms with Crippen molar-refractivity contribution >= 4 is 14.6 Å². The summed E-state index contributed by atoms with van der Waals surface area (Å²) in [7, 11) is 2.73. The van der Waals surface area contributed by atoms with Gasteiger partial charge in [-0.15, -0.1) is 0 Å². The van der Waals surface area contributed by atoms with E-state index in [0.29, 0.717) is 0 Å². The van der Waals surface area contributed by atoms with E-state index < -0.39 is 14.6 Å². The van der Waals surface area contributed by atoms with Crippen LogP contribution >= 0.6 is 14.6 Å². The van der Waals surface area contributed by atoms with Crippen molar-refractivity contribution < 1.29 is 9.13 Å². The minimum absolute atomic E-state index is 0. The zero-order valence-electron chi connectivity index (χ0n) is 30.7. The minimum Gasteiger partial charge on any atom is -0.305 e. The van der Waals surface area contributed by atoms with Gasteiger partial charge in [0, 0.05) is 0 Å². The van der Waals surface area contributed by atoms with E-state index in [-0.39, 0.29) is 37.5 Å². The fraction of sp³-hybridized carbons (Fsp3) is 0.409. The van der Waals surface area contributed by atoms with Crippen molar-refractivity contribution in [2.45, 2.75) is 91.9 Å². The smallest absolute Gasteiger partial charge is 0.171 e. The number of benzene rings is 4. The van der Waals surface area contributed by atoms with E-state index in [0.717, 1.165) is 24.0 Å². The third-order valence-electron chi connectivity index (χ3n) is 9.89. The van der Waals surface area contributed by atoms with E-state index in [4.69, 9.17) is 0 Å². The summed E-state index contributed by atoms with van der Waals surface area (Å²) in [5, 5.41) is 0. The SMILES string of the molecule is C.C.CC.Cc1ccc([C@H]2C=C[C@@H](c3ccc(C)cc3)P2(=O)N(C)C)cc1.Cc1ccc([C@H]2CC[C@H](c3ccc(C)cc3)P2(=O)N(C)C)cc1. The van der Waals surface area contributed by atoms with Gasteiger partial charge in [-0.25, -0.2) is 0 Å². The van der Waals surface area contributed by atoms with E-state index in [2.05, 4.69) is 137 Å². The zero-order valence-corrected chi connectivity index (χ0v) is 32.5. The van der Waals surface area contributed by atoms with Gasteiger partial charge in [0.05, 0.1) is 22.6 Å². The van der Waals surface area contributed by atoms with Gasteiger partial charge in [-0.3, -0.25) is 9.34 Å². The Morgan fingerprint density at radius 2 is 0.680 bits per heavy atom. The lowest BCUT2D eigenvalue weighted by atomic mass is 10.0. The van der Waals surface area contributed by atoms with Crippen LogP contribution in [0.15, 0.2) is 109 Å². The molecule has 4 aromatic rings. The molecular weight excluding hydrogens is 650 g/mol. The van der Waals surface area contributed by atoms with Crippen molar-refractivity contribution in [3.05, 3.63) is 154 Å². The van der Waals surface area contributed by atoms with E-state index in [1.807, 2.05) is 51.4 Å². The van der Waals surface area contributed by atoms with Crippen LogP contribution < -0.4 is 0 Å². The quantitative estimate of drug-likeness (QED) is 0.147. The summed E-state index contributed by atoms with van der Waals surface area (Å²) in [5.41, 5.74) is 9.89. The Bertz CT molecular complexity index is 1610. The van der Waals surface area contributed by atoms with Crippen molar-refractivity contribution in [2.24, 2.45) is 0 Å². The Labute approximate surface area is 305 Å². The summed E-state index contributed by atoms with van der Waals surface area (Å²) in [4.78, 5) is 0. The highest BCUT2D eigenvalue weighted by molar-refractivity contribution is 7.63. The third-order valence-corrected chi connectivity index (χ3v) is 17.8. The number of hydrogen-bond donors (Lipinski definition) is 0. The normalized spacial score (nSPS) is 23.2. The van der Waals surface area contributed by atoms with Gasteiger partial charge >= 0.3 is 0 Å². The molecule has 0 spiro atoms. The first kappa shape index (κ1) is 43.2. The lowest BCUT2D eigenvalue weighted by Crippen LogP contribution is -2.15. The van der Waals surface area contributed by atoms with Crippen LogP contribution in [0.3, 0.4) is 0 Å². The summed E-state index contributed by atoms with van der Waals surface area (Å²) in [6, 6.07) is 34.0. The van der Waals surface area contributed by atoms with Crippen LogP contribution in [0.4, 0.5) is 0 Å². The van der Waals surface area contributed by atoms with Gasteiger partial charge in [0.2, 0.25) is 0 Å². The summed E-state index contributed by atoms with van der Waals surface area (Å²) >= 11 is 0. The average Bonchev–Trinajstić information content (AvgIpc) is 3.62. The van der Waals surface area contributed by atoms with Crippen LogP contribution in [0.5, 0.6) is 0 Å². The predicted octanol–water partition coefficient (Wildman–Crippen LogP) is 13.5. The molecule has 0 radical (unpaired) electrons. The second-order valence-electron chi connectivity index (χ2n) is 13.6. The van der Waals surface area contributed by atoms with Crippen molar-refractivity contribution in [1.82, 2.24) is 9.34 Å². The monoisotopic (exact) mass is 714 g/mol. The molecule has 0 N–H and O–H groups in total. The van der Waals surface area contributed by atoms with Gasteiger partial charge in [0.1, 0.15) is 0 Å². The highest BCUT2D eigenvalue weighted by Crippen LogP contribution is 2.77. The van der Waals surface area contributed by atoms with Gasteiger partial charge in [0.15, 0.2) is 14.6 Å². The van der Waals surface area contributed by atoms with Crippen LogP contribution in [0.2, 0.25) is 0 Å². The molecule has 1 saturated heterocycles. The van der Waals surface area contributed by atoms with Crippen LogP contribution in [-0.4, -0.2) is 37.5 Å². The lowest BCUT2D eigenvalue weighted by molar-refractivity contribution is 0.502. The first-order chi connectivity index (χ1) is 22.8. The number of nitrogens with zero attached hydrogens (tertiary/aromatic N) is 2. The molecule has 6 heteroatoms. The maximum atomic E-state index is 14.1. The molecule has 4 aromatic carbocycles. The number of aryl methyl sites for hydroxylation is 4. The highest BCUT2D eigenvalue weighted by Gasteiger charge is 2.49. The molecule has 50 heavy (non-hydrogen) atoms. The molecule has 272 valence electrons. The molecule has 2 heterocycles. The van der Waals surface area contributed by atoms with Gasteiger partial charge in [-0.2, -0.15) is 0 Å². The van der Waals surface area contributed by atoms with E-state index in [1.165, 1.54) is 33.4 Å². The fourth-order valence-corrected chi connectivity index (χ4v) is 14.1. The second kappa shape index (κ2) is 18.5. The Balaban J connectivity index is 0.000000318. The second-order valence-corrected chi connectivity index (χ2v) is 20.2.